The molecule has 0 saturated heterocycles. The fourth-order valence-electron chi connectivity index (χ4n) is 1.03. The molecule has 0 aliphatic heterocycles. The lowest BCUT2D eigenvalue weighted by molar-refractivity contribution is 0.603. The topological polar surface area (TPSA) is 34.1 Å². The molecule has 16 heavy (non-hydrogen) atoms. The maximum Gasteiger partial charge on any atom is 0.148 e. The summed E-state index contributed by atoms with van der Waals surface area (Å²) in [5.41, 5.74) is 0.599. The minimum absolute atomic E-state index is 0.135. The summed E-state index contributed by atoms with van der Waals surface area (Å²) in [4.78, 5) is 0. The van der Waals surface area contributed by atoms with Gasteiger partial charge in [-0.3, -0.25) is 0 Å². The van der Waals surface area contributed by atoms with E-state index in [1.54, 1.807) is 12.1 Å². The van der Waals surface area contributed by atoms with Crippen molar-refractivity contribution < 1.29 is 12.8 Å². The third-order valence-corrected chi connectivity index (χ3v) is 4.58. The zero-order valence-corrected chi connectivity index (χ0v) is 12.0. The van der Waals surface area contributed by atoms with Crippen LogP contribution in [0.1, 0.15) is 5.56 Å². The zero-order valence-electron chi connectivity index (χ0n) is 8.74. The molecule has 0 spiro atoms. The van der Waals surface area contributed by atoms with E-state index in [0.717, 1.165) is 0 Å². The van der Waals surface area contributed by atoms with Crippen LogP contribution in [-0.2, 0) is 15.6 Å². The van der Waals surface area contributed by atoms with Gasteiger partial charge in [0.05, 0.1) is 5.75 Å². The summed E-state index contributed by atoms with van der Waals surface area (Å²) in [5, 5.41) is 0. The molecule has 0 atom stereocenters. The van der Waals surface area contributed by atoms with E-state index in [-0.39, 0.29) is 11.6 Å². The predicted octanol–water partition coefficient (Wildman–Crippen LogP) is 2.87. The quantitative estimate of drug-likeness (QED) is 0.780. The van der Waals surface area contributed by atoms with E-state index in [1.165, 1.54) is 24.1 Å². The molecule has 0 bridgehead atoms. The van der Waals surface area contributed by atoms with Crippen molar-refractivity contribution in [2.75, 3.05) is 17.8 Å². The second kappa shape index (κ2) is 6.02. The van der Waals surface area contributed by atoms with E-state index in [9.17, 15) is 12.8 Å². The molecule has 0 fully saturated rings. The van der Waals surface area contributed by atoms with Crippen molar-refractivity contribution in [1.82, 2.24) is 0 Å². The molecule has 0 radical (unpaired) electrons. The van der Waals surface area contributed by atoms with Crippen molar-refractivity contribution in [3.8, 4) is 0 Å². The number of benzene rings is 1. The molecule has 1 aromatic carbocycles. The highest BCUT2D eigenvalue weighted by atomic mass is 79.9. The summed E-state index contributed by atoms with van der Waals surface area (Å²) in [6, 6.07) is 4.88. The zero-order chi connectivity index (χ0) is 12.2. The van der Waals surface area contributed by atoms with Gasteiger partial charge in [-0.05, 0) is 17.7 Å². The van der Waals surface area contributed by atoms with Gasteiger partial charge in [-0.15, -0.1) is 0 Å². The monoisotopic (exact) mass is 326 g/mol. The van der Waals surface area contributed by atoms with Crippen LogP contribution in [0.4, 0.5) is 4.39 Å². The number of sulfone groups is 1. The Kier molecular flexibility index (Phi) is 5.27. The van der Waals surface area contributed by atoms with Crippen LogP contribution in [0.25, 0.3) is 0 Å². The maximum atomic E-state index is 13.4. The van der Waals surface area contributed by atoms with Gasteiger partial charge in [0.25, 0.3) is 0 Å². The standard InChI is InChI=1S/C10H12BrFO2S2/c1-16(13,14)5-4-15-7-8-2-3-9(11)6-10(8)12/h2-3,6H,4-5,7H2,1H3. The summed E-state index contributed by atoms with van der Waals surface area (Å²) in [5.74, 6) is 0.861. The van der Waals surface area contributed by atoms with Crippen LogP contribution in [-0.4, -0.2) is 26.2 Å². The van der Waals surface area contributed by atoms with Crippen molar-refractivity contribution in [1.29, 1.82) is 0 Å². The number of thioether (sulfide) groups is 1. The van der Waals surface area contributed by atoms with Gasteiger partial charge in [0.2, 0.25) is 0 Å². The van der Waals surface area contributed by atoms with Crippen LogP contribution in [0.15, 0.2) is 22.7 Å². The second-order valence-electron chi connectivity index (χ2n) is 3.42. The van der Waals surface area contributed by atoms with Crippen molar-refractivity contribution in [2.45, 2.75) is 5.75 Å². The summed E-state index contributed by atoms with van der Waals surface area (Å²) >= 11 is 4.60. The molecule has 0 aliphatic carbocycles. The van der Waals surface area contributed by atoms with E-state index < -0.39 is 9.84 Å². The Bertz CT molecular complexity index is 460. The Morgan fingerprint density at radius 3 is 2.69 bits per heavy atom. The SMILES string of the molecule is CS(=O)(=O)CCSCc1ccc(Br)cc1F. The number of halogens is 2. The van der Waals surface area contributed by atoms with E-state index in [2.05, 4.69) is 15.9 Å². The van der Waals surface area contributed by atoms with Gasteiger partial charge in [0.15, 0.2) is 0 Å². The largest absolute Gasteiger partial charge is 0.229 e. The molecule has 0 aliphatic rings. The van der Waals surface area contributed by atoms with Crippen LogP contribution in [0.3, 0.4) is 0 Å². The lowest BCUT2D eigenvalue weighted by Gasteiger charge is -2.03. The Morgan fingerprint density at radius 2 is 2.12 bits per heavy atom. The van der Waals surface area contributed by atoms with Gasteiger partial charge in [-0.2, -0.15) is 11.8 Å². The first kappa shape index (κ1) is 14.0. The van der Waals surface area contributed by atoms with E-state index in [1.807, 2.05) is 0 Å². The minimum atomic E-state index is -2.92. The van der Waals surface area contributed by atoms with Crippen LogP contribution >= 0.6 is 27.7 Å². The van der Waals surface area contributed by atoms with Crippen molar-refractivity contribution in [3.05, 3.63) is 34.1 Å². The van der Waals surface area contributed by atoms with Crippen molar-refractivity contribution >= 4 is 37.5 Å². The highest BCUT2D eigenvalue weighted by Crippen LogP contribution is 2.19. The van der Waals surface area contributed by atoms with Gasteiger partial charge in [0, 0.05) is 22.2 Å². The normalized spacial score (nSPS) is 11.7. The van der Waals surface area contributed by atoms with Gasteiger partial charge in [0.1, 0.15) is 15.7 Å². The number of hydrogen-bond donors (Lipinski definition) is 0. The fraction of sp³-hybridized carbons (Fsp3) is 0.400. The Morgan fingerprint density at radius 1 is 1.44 bits per heavy atom. The molecule has 0 saturated carbocycles. The maximum absolute atomic E-state index is 13.4. The average Bonchev–Trinajstić information content (AvgIpc) is 2.13. The molecule has 1 rings (SSSR count). The van der Waals surface area contributed by atoms with E-state index in [0.29, 0.717) is 21.5 Å². The predicted molar refractivity (Wildman–Crippen MR) is 70.0 cm³/mol. The smallest absolute Gasteiger partial charge is 0.148 e. The molecule has 90 valence electrons. The lowest BCUT2D eigenvalue weighted by atomic mass is 10.2. The van der Waals surface area contributed by atoms with Crippen molar-refractivity contribution in [3.63, 3.8) is 0 Å². The van der Waals surface area contributed by atoms with Gasteiger partial charge in [-0.1, -0.05) is 22.0 Å². The summed E-state index contributed by atoms with van der Waals surface area (Å²) < 4.78 is 35.8. The number of rotatable bonds is 5. The fourth-order valence-corrected chi connectivity index (χ4v) is 3.65. The molecule has 0 amide bonds. The first-order valence-electron chi connectivity index (χ1n) is 4.58. The molecule has 0 N–H and O–H groups in total. The molecule has 1 aromatic rings. The molecule has 0 aromatic heterocycles. The molecular weight excluding hydrogens is 315 g/mol. The summed E-state index contributed by atoms with van der Waals surface area (Å²) in [7, 11) is -2.92. The second-order valence-corrected chi connectivity index (χ2v) is 7.70. The van der Waals surface area contributed by atoms with Crippen molar-refractivity contribution in [2.24, 2.45) is 0 Å². The lowest BCUT2D eigenvalue weighted by Crippen LogP contribution is -2.05. The first-order valence-corrected chi connectivity index (χ1v) is 8.59. The number of hydrogen-bond acceptors (Lipinski definition) is 3. The minimum Gasteiger partial charge on any atom is -0.229 e. The van der Waals surface area contributed by atoms with Crippen LogP contribution in [0.2, 0.25) is 0 Å². The Balaban J connectivity index is 2.43. The third kappa shape index (κ3) is 5.32. The Hall–Kier alpha value is -0.0700. The van der Waals surface area contributed by atoms with Crippen LogP contribution in [0.5, 0.6) is 0 Å². The highest BCUT2D eigenvalue weighted by molar-refractivity contribution is 9.10. The molecule has 2 nitrogen and oxygen atoms in total. The molecule has 0 heterocycles. The molecule has 6 heteroatoms. The van der Waals surface area contributed by atoms with E-state index in [4.69, 9.17) is 0 Å². The summed E-state index contributed by atoms with van der Waals surface area (Å²) in [6.45, 7) is 0. The summed E-state index contributed by atoms with van der Waals surface area (Å²) in [6.07, 6.45) is 1.20. The van der Waals surface area contributed by atoms with Gasteiger partial charge >= 0.3 is 0 Å². The Labute approximate surface area is 108 Å². The van der Waals surface area contributed by atoms with Crippen LogP contribution in [0, 0.1) is 5.82 Å². The average molecular weight is 327 g/mol. The third-order valence-electron chi connectivity index (χ3n) is 1.87. The molecule has 0 unspecified atom stereocenters. The van der Waals surface area contributed by atoms with Gasteiger partial charge in [-0.25, -0.2) is 12.8 Å². The highest BCUT2D eigenvalue weighted by Gasteiger charge is 2.05. The van der Waals surface area contributed by atoms with Crippen LogP contribution < -0.4 is 0 Å². The molecular formula is C10H12BrFO2S2. The van der Waals surface area contributed by atoms with E-state index >= 15 is 0 Å². The first-order chi connectivity index (χ1) is 7.38. The van der Waals surface area contributed by atoms with Gasteiger partial charge < -0.3 is 0 Å².